The number of fused-ring (bicyclic) bond motifs is 1. The molecule has 0 spiro atoms. The molecule has 0 aromatic rings. The molecule has 3 aliphatic rings. The Kier molecular flexibility index (Phi) is 7.84. The quantitative estimate of drug-likeness (QED) is 0.301. The first-order valence-electron chi connectivity index (χ1n) is 12.6. The first-order valence-corrected chi connectivity index (χ1v) is 12.6. The van der Waals surface area contributed by atoms with Gasteiger partial charge >= 0.3 is 0 Å². The number of alkyl halides is 1. The SMILES string of the molecule is C=C1/C(=C\C=C2/CCCC3(C)C(C(C)C/C=C/C(=NC)C(C)(C)C)=CCC23)CCCC1F. The van der Waals surface area contributed by atoms with Crippen LogP contribution in [0.5, 0.6) is 0 Å². The van der Waals surface area contributed by atoms with Crippen molar-refractivity contribution in [2.24, 2.45) is 27.7 Å². The predicted molar refractivity (Wildman–Crippen MR) is 138 cm³/mol. The first-order chi connectivity index (χ1) is 15.1. The summed E-state index contributed by atoms with van der Waals surface area (Å²) < 4.78 is 14.1. The molecule has 2 saturated carbocycles. The van der Waals surface area contributed by atoms with Crippen LogP contribution in [-0.4, -0.2) is 18.9 Å². The highest BCUT2D eigenvalue weighted by Gasteiger charge is 2.45. The maximum Gasteiger partial charge on any atom is 0.125 e. The van der Waals surface area contributed by atoms with Crippen LogP contribution in [0.4, 0.5) is 4.39 Å². The van der Waals surface area contributed by atoms with Crippen molar-refractivity contribution in [3.05, 3.63) is 59.3 Å². The Morgan fingerprint density at radius 1 is 1.28 bits per heavy atom. The van der Waals surface area contributed by atoms with Gasteiger partial charge in [0.05, 0.1) is 0 Å². The van der Waals surface area contributed by atoms with Crippen molar-refractivity contribution in [2.45, 2.75) is 92.2 Å². The van der Waals surface area contributed by atoms with E-state index in [9.17, 15) is 4.39 Å². The zero-order valence-electron chi connectivity index (χ0n) is 21.3. The summed E-state index contributed by atoms with van der Waals surface area (Å²) in [6.07, 6.45) is 19.2. The second-order valence-electron chi connectivity index (χ2n) is 11.4. The van der Waals surface area contributed by atoms with E-state index in [1.165, 1.54) is 19.3 Å². The van der Waals surface area contributed by atoms with Crippen molar-refractivity contribution in [3.8, 4) is 0 Å². The van der Waals surface area contributed by atoms with Crippen LogP contribution in [0.3, 0.4) is 0 Å². The van der Waals surface area contributed by atoms with E-state index < -0.39 is 6.17 Å². The summed E-state index contributed by atoms with van der Waals surface area (Å²) in [5.74, 6) is 1.14. The van der Waals surface area contributed by atoms with Gasteiger partial charge in [-0.2, -0.15) is 0 Å². The summed E-state index contributed by atoms with van der Waals surface area (Å²) >= 11 is 0. The number of allylic oxidation sites excluding steroid dienone is 9. The molecular weight excluding hydrogens is 393 g/mol. The van der Waals surface area contributed by atoms with Crippen LogP contribution >= 0.6 is 0 Å². The topological polar surface area (TPSA) is 12.4 Å². The van der Waals surface area contributed by atoms with Gasteiger partial charge < -0.3 is 0 Å². The number of hydrogen-bond donors (Lipinski definition) is 0. The van der Waals surface area contributed by atoms with Crippen LogP contribution in [0.2, 0.25) is 0 Å². The summed E-state index contributed by atoms with van der Waals surface area (Å²) in [7, 11) is 1.89. The maximum absolute atomic E-state index is 14.1. The molecule has 3 rings (SSSR count). The normalized spacial score (nSPS) is 33.2. The molecule has 0 radical (unpaired) electrons. The molecule has 4 unspecified atom stereocenters. The minimum atomic E-state index is -0.852. The molecule has 0 N–H and O–H groups in total. The van der Waals surface area contributed by atoms with Gasteiger partial charge in [0.25, 0.3) is 0 Å². The van der Waals surface area contributed by atoms with Crippen LogP contribution in [0.1, 0.15) is 86.0 Å². The standard InChI is InChI=1S/C30H44FN/c1-21(11-8-15-28(32-7)29(3,4)5)25-18-19-26-24(13-10-20-30(25,26)6)17-16-23-12-9-14-27(31)22(23)2/h8,15-18,21,26-27H,2,9-14,19-20H2,1,3-7H3/b15-8+,23-16-,24-17+,32-28?. The van der Waals surface area contributed by atoms with Gasteiger partial charge in [-0.15, -0.1) is 0 Å². The van der Waals surface area contributed by atoms with Gasteiger partial charge in [-0.3, -0.25) is 4.99 Å². The molecular formula is C30H44FN. The van der Waals surface area contributed by atoms with Crippen molar-refractivity contribution in [1.82, 2.24) is 0 Å². The second kappa shape index (κ2) is 10.1. The third kappa shape index (κ3) is 5.26. The lowest BCUT2D eigenvalue weighted by Gasteiger charge is -2.42. The average molecular weight is 438 g/mol. The van der Waals surface area contributed by atoms with E-state index in [0.717, 1.165) is 37.0 Å². The molecule has 0 aliphatic heterocycles. The Morgan fingerprint density at radius 3 is 2.72 bits per heavy atom. The molecule has 3 aliphatic carbocycles. The zero-order chi connectivity index (χ0) is 23.5. The minimum absolute atomic E-state index is 0.0849. The highest BCUT2D eigenvalue weighted by atomic mass is 19.1. The molecule has 32 heavy (non-hydrogen) atoms. The molecule has 0 heterocycles. The van der Waals surface area contributed by atoms with Gasteiger partial charge in [-0.1, -0.05) is 76.6 Å². The maximum atomic E-state index is 14.1. The van der Waals surface area contributed by atoms with Crippen LogP contribution < -0.4 is 0 Å². The monoisotopic (exact) mass is 437 g/mol. The van der Waals surface area contributed by atoms with Crippen LogP contribution in [0.25, 0.3) is 0 Å². The fourth-order valence-corrected chi connectivity index (χ4v) is 6.19. The molecule has 2 heteroatoms. The largest absolute Gasteiger partial charge is 0.293 e. The van der Waals surface area contributed by atoms with E-state index in [1.54, 1.807) is 11.1 Å². The summed E-state index contributed by atoms with van der Waals surface area (Å²) in [6, 6.07) is 0. The molecule has 1 nitrogen and oxygen atoms in total. The Bertz CT molecular complexity index is 860. The third-order valence-corrected chi connectivity index (χ3v) is 8.11. The van der Waals surface area contributed by atoms with E-state index in [1.807, 2.05) is 7.05 Å². The van der Waals surface area contributed by atoms with Gasteiger partial charge in [-0.25, -0.2) is 4.39 Å². The lowest BCUT2D eigenvalue weighted by Crippen LogP contribution is -2.32. The van der Waals surface area contributed by atoms with Gasteiger partial charge in [0, 0.05) is 18.2 Å². The average Bonchev–Trinajstić information content (AvgIpc) is 3.09. The summed E-state index contributed by atoms with van der Waals surface area (Å²) in [5, 5.41) is 0. The smallest absolute Gasteiger partial charge is 0.125 e. The minimum Gasteiger partial charge on any atom is -0.293 e. The molecule has 0 aromatic carbocycles. The number of halogens is 1. The van der Waals surface area contributed by atoms with Crippen molar-refractivity contribution in [1.29, 1.82) is 0 Å². The highest BCUT2D eigenvalue weighted by Crippen LogP contribution is 2.57. The number of aliphatic imine (C=N–C) groups is 1. The lowest BCUT2D eigenvalue weighted by molar-refractivity contribution is 0.218. The molecule has 0 bridgehead atoms. The number of nitrogens with zero attached hydrogens (tertiary/aromatic N) is 1. The van der Waals surface area contributed by atoms with E-state index in [0.29, 0.717) is 23.8 Å². The Balaban J connectivity index is 1.72. The fourth-order valence-electron chi connectivity index (χ4n) is 6.19. The number of hydrogen-bond acceptors (Lipinski definition) is 1. The molecule has 0 amide bonds. The van der Waals surface area contributed by atoms with Crippen molar-refractivity contribution in [3.63, 3.8) is 0 Å². The Hall–Kier alpha value is -1.70. The molecule has 2 fully saturated rings. The molecule has 0 saturated heterocycles. The van der Waals surface area contributed by atoms with Gasteiger partial charge in [0.2, 0.25) is 0 Å². The van der Waals surface area contributed by atoms with E-state index in [-0.39, 0.29) is 10.8 Å². The first kappa shape index (κ1) is 24.9. The highest BCUT2D eigenvalue weighted by molar-refractivity contribution is 5.98. The van der Waals surface area contributed by atoms with Crippen molar-refractivity contribution < 1.29 is 4.39 Å². The molecule has 176 valence electrons. The van der Waals surface area contributed by atoms with Gasteiger partial charge in [-0.05, 0) is 85.8 Å². The second-order valence-corrected chi connectivity index (χ2v) is 11.4. The van der Waals surface area contributed by atoms with Crippen molar-refractivity contribution >= 4 is 5.71 Å². The zero-order valence-corrected chi connectivity index (χ0v) is 21.3. The van der Waals surface area contributed by atoms with Gasteiger partial charge in [0.1, 0.15) is 6.17 Å². The van der Waals surface area contributed by atoms with E-state index in [2.05, 4.69) is 76.6 Å². The number of rotatable bonds is 5. The summed E-state index contributed by atoms with van der Waals surface area (Å²) in [6.45, 7) is 15.5. The Morgan fingerprint density at radius 2 is 2.03 bits per heavy atom. The third-order valence-electron chi connectivity index (χ3n) is 8.11. The van der Waals surface area contributed by atoms with Crippen molar-refractivity contribution in [2.75, 3.05) is 7.05 Å². The van der Waals surface area contributed by atoms with Gasteiger partial charge in [0.15, 0.2) is 0 Å². The van der Waals surface area contributed by atoms with Crippen LogP contribution in [0, 0.1) is 22.7 Å². The fraction of sp³-hybridized carbons (Fsp3) is 0.633. The molecule has 0 aromatic heterocycles. The van der Waals surface area contributed by atoms with Crippen LogP contribution in [0.15, 0.2) is 64.2 Å². The Labute approximate surface area is 196 Å². The van der Waals surface area contributed by atoms with Crippen LogP contribution in [-0.2, 0) is 0 Å². The van der Waals surface area contributed by atoms with E-state index in [4.69, 9.17) is 0 Å². The molecule has 4 atom stereocenters. The summed E-state index contributed by atoms with van der Waals surface area (Å²) in [5.41, 5.74) is 6.53. The predicted octanol–water partition coefficient (Wildman–Crippen LogP) is 8.75. The lowest BCUT2D eigenvalue weighted by atomic mass is 9.62. The van der Waals surface area contributed by atoms with E-state index >= 15 is 0 Å². The summed E-state index contributed by atoms with van der Waals surface area (Å²) in [4.78, 5) is 4.48.